The first-order chi connectivity index (χ1) is 12.0. The van der Waals surface area contributed by atoms with E-state index >= 15 is 0 Å². The number of aliphatic imine (C=N–C) groups is 1. The van der Waals surface area contributed by atoms with Gasteiger partial charge in [0.25, 0.3) is 0 Å². The summed E-state index contributed by atoms with van der Waals surface area (Å²) in [5.74, 6) is 0.0968. The molecule has 1 aromatic rings. The lowest BCUT2D eigenvalue weighted by molar-refractivity contribution is -0.111. The van der Waals surface area contributed by atoms with Gasteiger partial charge in [0.15, 0.2) is 5.78 Å². The van der Waals surface area contributed by atoms with Crippen molar-refractivity contribution >= 4 is 17.3 Å². The second-order valence-electron chi connectivity index (χ2n) is 6.18. The van der Waals surface area contributed by atoms with Gasteiger partial charge in [-0.15, -0.1) is 0 Å². The first-order valence-electron chi connectivity index (χ1n) is 8.34. The zero-order valence-electron chi connectivity index (χ0n) is 14.8. The molecule has 0 saturated carbocycles. The molecule has 0 unspecified atom stereocenters. The van der Waals surface area contributed by atoms with Crippen LogP contribution < -0.4 is 0 Å². The number of carbonyl (C=O) groups is 1. The Hall–Kier alpha value is -2.75. The van der Waals surface area contributed by atoms with Gasteiger partial charge in [-0.25, -0.2) is 4.99 Å². The molecule has 0 fully saturated rings. The summed E-state index contributed by atoms with van der Waals surface area (Å²) in [4.78, 5) is 16.0. The molecule has 0 spiro atoms. The van der Waals surface area contributed by atoms with E-state index in [1.807, 2.05) is 36.4 Å². The van der Waals surface area contributed by atoms with E-state index in [4.69, 9.17) is 10.1 Å². The molecule has 0 aliphatic heterocycles. The smallest absolute Gasteiger partial charge is 0.181 e. The molecule has 25 heavy (non-hydrogen) atoms. The quantitative estimate of drug-likeness (QED) is 0.442. The van der Waals surface area contributed by atoms with E-state index in [1.54, 1.807) is 0 Å². The Labute approximate surface area is 149 Å². The molecule has 0 atom stereocenters. The van der Waals surface area contributed by atoms with Crippen molar-refractivity contribution < 1.29 is 9.53 Å². The third-order valence-corrected chi connectivity index (χ3v) is 3.94. The number of ether oxygens (including phenoxy) is 1. The Balaban J connectivity index is 2.00. The largest absolute Gasteiger partial charge is 0.487 e. The van der Waals surface area contributed by atoms with Crippen LogP contribution in [0.1, 0.15) is 38.7 Å². The molecule has 1 aliphatic rings. The van der Waals surface area contributed by atoms with Crippen molar-refractivity contribution in [3.8, 4) is 0 Å². The Morgan fingerprint density at radius 1 is 1.24 bits per heavy atom. The molecule has 0 aromatic heterocycles. The average Bonchev–Trinajstić information content (AvgIpc) is 2.60. The van der Waals surface area contributed by atoms with Gasteiger partial charge in [-0.3, -0.25) is 10.2 Å². The first kappa shape index (κ1) is 18.6. The summed E-state index contributed by atoms with van der Waals surface area (Å²) in [6, 6.07) is 9.64. The van der Waals surface area contributed by atoms with Crippen LogP contribution in [0.4, 0.5) is 0 Å². The van der Waals surface area contributed by atoms with Crippen LogP contribution in [0.25, 0.3) is 0 Å². The van der Waals surface area contributed by atoms with Crippen molar-refractivity contribution in [3.63, 3.8) is 0 Å². The summed E-state index contributed by atoms with van der Waals surface area (Å²) in [5.41, 5.74) is 3.59. The lowest BCUT2D eigenvalue weighted by Gasteiger charge is -2.13. The highest BCUT2D eigenvalue weighted by Gasteiger charge is 2.14. The zero-order valence-corrected chi connectivity index (χ0v) is 14.8. The molecule has 130 valence electrons. The predicted octanol–water partition coefficient (Wildman–Crippen LogP) is 4.78. The van der Waals surface area contributed by atoms with Gasteiger partial charge in [-0.1, -0.05) is 60.2 Å². The summed E-state index contributed by atoms with van der Waals surface area (Å²) in [6.45, 7) is 7.63. The normalized spacial score (nSPS) is 14.4. The minimum Gasteiger partial charge on any atom is -0.487 e. The number of benzene rings is 1. The van der Waals surface area contributed by atoms with Crippen LogP contribution in [0.5, 0.6) is 0 Å². The maximum Gasteiger partial charge on any atom is 0.181 e. The van der Waals surface area contributed by atoms with E-state index in [0.29, 0.717) is 13.0 Å². The number of amidine groups is 1. The van der Waals surface area contributed by atoms with Crippen LogP contribution in [-0.4, -0.2) is 17.3 Å². The standard InChI is InChI=1S/C21H24N2O2/c1-15-9-11-18(12-10-15)13-20(22)23-21(16(2)24)17(3)25-14-19-7-5-4-6-8-19/h4-9,11,22H,3,10,12-14H2,1-2H3. The van der Waals surface area contributed by atoms with E-state index in [1.165, 1.54) is 12.5 Å². The molecule has 4 heteroatoms. The summed E-state index contributed by atoms with van der Waals surface area (Å²) in [5, 5.41) is 8.09. The van der Waals surface area contributed by atoms with Gasteiger partial charge in [-0.05, 0) is 25.3 Å². The van der Waals surface area contributed by atoms with Gasteiger partial charge < -0.3 is 4.74 Å². The summed E-state index contributed by atoms with van der Waals surface area (Å²) >= 11 is 0. The van der Waals surface area contributed by atoms with Crippen molar-refractivity contribution in [1.82, 2.24) is 0 Å². The summed E-state index contributed by atoms with van der Waals surface area (Å²) < 4.78 is 5.59. The number of hydrogen-bond donors (Lipinski definition) is 1. The van der Waals surface area contributed by atoms with E-state index in [-0.39, 0.29) is 23.1 Å². The predicted molar refractivity (Wildman–Crippen MR) is 102 cm³/mol. The van der Waals surface area contributed by atoms with E-state index < -0.39 is 0 Å². The number of nitrogens with one attached hydrogen (secondary N) is 1. The molecule has 4 nitrogen and oxygen atoms in total. The lowest BCUT2D eigenvalue weighted by Crippen LogP contribution is -2.17. The second-order valence-corrected chi connectivity index (χ2v) is 6.18. The minimum absolute atomic E-state index is 0.115. The van der Waals surface area contributed by atoms with Crippen molar-refractivity contribution in [2.24, 2.45) is 4.99 Å². The maximum atomic E-state index is 11.9. The lowest BCUT2D eigenvalue weighted by atomic mass is 9.97. The van der Waals surface area contributed by atoms with E-state index in [0.717, 1.165) is 24.0 Å². The van der Waals surface area contributed by atoms with Crippen LogP contribution in [0.15, 0.2) is 71.0 Å². The fourth-order valence-electron chi connectivity index (χ4n) is 2.47. The third kappa shape index (κ3) is 5.99. The van der Waals surface area contributed by atoms with Crippen LogP contribution >= 0.6 is 0 Å². The van der Waals surface area contributed by atoms with Gasteiger partial charge in [-0.2, -0.15) is 0 Å². The molecule has 0 bridgehead atoms. The molecule has 0 heterocycles. The number of carbonyl (C=O) groups excluding carboxylic acids is 1. The van der Waals surface area contributed by atoms with Crippen LogP contribution in [-0.2, 0) is 16.1 Å². The fourth-order valence-corrected chi connectivity index (χ4v) is 2.47. The average molecular weight is 336 g/mol. The Morgan fingerprint density at radius 2 is 1.96 bits per heavy atom. The number of allylic oxidation sites excluding steroid dienone is 4. The van der Waals surface area contributed by atoms with E-state index in [9.17, 15) is 4.79 Å². The maximum absolute atomic E-state index is 11.9. The van der Waals surface area contributed by atoms with Gasteiger partial charge in [0.2, 0.25) is 0 Å². The molecule has 1 N–H and O–H groups in total. The van der Waals surface area contributed by atoms with Gasteiger partial charge in [0, 0.05) is 13.3 Å². The zero-order chi connectivity index (χ0) is 18.2. The number of hydrogen-bond acceptors (Lipinski definition) is 3. The molecular weight excluding hydrogens is 312 g/mol. The van der Waals surface area contributed by atoms with Crippen molar-refractivity contribution in [2.75, 3.05) is 0 Å². The van der Waals surface area contributed by atoms with Crippen LogP contribution in [0.2, 0.25) is 0 Å². The second kappa shape index (κ2) is 8.92. The van der Waals surface area contributed by atoms with Crippen molar-refractivity contribution in [3.05, 3.63) is 71.5 Å². The van der Waals surface area contributed by atoms with Crippen LogP contribution in [0.3, 0.4) is 0 Å². The number of nitrogens with zero attached hydrogens (tertiary/aromatic N) is 1. The number of ketones is 1. The number of Topliss-reactive ketones (excluding diaryl/α,β-unsaturated/α-hetero) is 1. The Bertz CT molecular complexity index is 755. The Morgan fingerprint density at radius 3 is 2.56 bits per heavy atom. The van der Waals surface area contributed by atoms with Crippen molar-refractivity contribution in [2.45, 2.75) is 39.7 Å². The van der Waals surface area contributed by atoms with Gasteiger partial charge in [0.1, 0.15) is 23.9 Å². The molecule has 0 radical (unpaired) electrons. The Kier molecular flexibility index (Phi) is 6.63. The highest BCUT2D eigenvalue weighted by molar-refractivity contribution is 6.46. The fraction of sp³-hybridized carbons (Fsp3) is 0.286. The SMILES string of the molecule is C=C(OCc1ccccc1)C(=NC(=N)CC1=CC=C(C)CC1)C(C)=O. The molecule has 0 saturated heterocycles. The van der Waals surface area contributed by atoms with Crippen molar-refractivity contribution in [1.29, 1.82) is 5.41 Å². The minimum atomic E-state index is -0.254. The molecule has 1 aliphatic carbocycles. The molecule has 1 aromatic carbocycles. The monoisotopic (exact) mass is 336 g/mol. The third-order valence-electron chi connectivity index (χ3n) is 3.94. The highest BCUT2D eigenvalue weighted by atomic mass is 16.5. The summed E-state index contributed by atoms with van der Waals surface area (Å²) in [7, 11) is 0. The van der Waals surface area contributed by atoms with E-state index in [2.05, 4.69) is 24.6 Å². The summed E-state index contributed by atoms with van der Waals surface area (Å²) in [6.07, 6.45) is 6.49. The molecule has 2 rings (SSSR count). The van der Waals surface area contributed by atoms with Gasteiger partial charge in [0.05, 0.1) is 0 Å². The topological polar surface area (TPSA) is 62.5 Å². The number of rotatable bonds is 7. The van der Waals surface area contributed by atoms with Gasteiger partial charge >= 0.3 is 0 Å². The van der Waals surface area contributed by atoms with Crippen LogP contribution in [0, 0.1) is 5.41 Å². The highest BCUT2D eigenvalue weighted by Crippen LogP contribution is 2.20. The first-order valence-corrected chi connectivity index (χ1v) is 8.34. The molecular formula is C21H24N2O2. The molecule has 0 amide bonds.